The lowest BCUT2D eigenvalue weighted by molar-refractivity contribution is 0.112. The van der Waals surface area contributed by atoms with Gasteiger partial charge < -0.3 is 0 Å². The van der Waals surface area contributed by atoms with Crippen LogP contribution < -0.4 is 0 Å². The maximum absolute atomic E-state index is 11.2. The van der Waals surface area contributed by atoms with E-state index < -0.39 is 0 Å². The molecule has 1 aliphatic carbocycles. The van der Waals surface area contributed by atoms with Gasteiger partial charge in [0.15, 0.2) is 6.29 Å². The number of hydrogen-bond donors (Lipinski definition) is 0. The molecule has 3 nitrogen and oxygen atoms in total. The summed E-state index contributed by atoms with van der Waals surface area (Å²) in [6.07, 6.45) is 9.09. The number of nitrogens with zero attached hydrogens (tertiary/aromatic N) is 2. The first-order valence-electron chi connectivity index (χ1n) is 6.57. The van der Waals surface area contributed by atoms with Crippen LogP contribution in [0.3, 0.4) is 0 Å². The molecule has 1 aliphatic rings. The normalized spacial score (nSPS) is 18.3. The highest BCUT2D eigenvalue weighted by Crippen LogP contribution is 2.33. The molecule has 0 bridgehead atoms. The van der Waals surface area contributed by atoms with Gasteiger partial charge in [-0.1, -0.05) is 19.3 Å². The Balaban J connectivity index is 2.32. The molecule has 0 atom stereocenters. The highest BCUT2D eigenvalue weighted by molar-refractivity contribution is 5.76. The molecule has 0 spiro atoms. The van der Waals surface area contributed by atoms with E-state index in [1.165, 1.54) is 32.1 Å². The Labute approximate surface area is 103 Å². The Morgan fingerprint density at radius 1 is 1.29 bits per heavy atom. The second-order valence-corrected chi connectivity index (χ2v) is 6.04. The molecule has 94 valence electrons. The predicted molar refractivity (Wildman–Crippen MR) is 68.4 cm³/mol. The molecule has 0 aliphatic heterocycles. The van der Waals surface area contributed by atoms with Crippen LogP contribution in [0.4, 0.5) is 0 Å². The lowest BCUT2D eigenvalue weighted by atomic mass is 9.86. The van der Waals surface area contributed by atoms with Crippen LogP contribution >= 0.6 is 0 Å². The summed E-state index contributed by atoms with van der Waals surface area (Å²) in [5.41, 5.74) is 1.76. The summed E-state index contributed by atoms with van der Waals surface area (Å²) >= 11 is 0. The minimum Gasteiger partial charge on any atom is -0.298 e. The zero-order valence-electron chi connectivity index (χ0n) is 11.1. The minimum atomic E-state index is -0.0509. The molecule has 1 aromatic rings. The number of aldehydes is 1. The van der Waals surface area contributed by atoms with Gasteiger partial charge in [-0.2, -0.15) is 5.10 Å². The molecule has 0 saturated heterocycles. The quantitative estimate of drug-likeness (QED) is 0.734. The zero-order chi connectivity index (χ0) is 12.5. The van der Waals surface area contributed by atoms with Crippen molar-refractivity contribution in [3.63, 3.8) is 0 Å². The summed E-state index contributed by atoms with van der Waals surface area (Å²) in [5, 5.41) is 4.66. The largest absolute Gasteiger partial charge is 0.298 e. The minimum absolute atomic E-state index is 0.0509. The van der Waals surface area contributed by atoms with Gasteiger partial charge in [-0.25, -0.2) is 0 Å². The molecule has 3 heteroatoms. The van der Waals surface area contributed by atoms with Gasteiger partial charge in [-0.15, -0.1) is 0 Å². The summed E-state index contributed by atoms with van der Waals surface area (Å²) in [7, 11) is 0. The first-order chi connectivity index (χ1) is 8.02. The fraction of sp³-hybridized carbons (Fsp3) is 0.714. The third kappa shape index (κ3) is 2.59. The Morgan fingerprint density at radius 2 is 1.94 bits per heavy atom. The highest BCUT2D eigenvalue weighted by atomic mass is 16.1. The second-order valence-electron chi connectivity index (χ2n) is 6.04. The zero-order valence-corrected chi connectivity index (χ0v) is 11.1. The van der Waals surface area contributed by atoms with E-state index in [4.69, 9.17) is 0 Å². The van der Waals surface area contributed by atoms with Crippen molar-refractivity contribution in [2.24, 2.45) is 0 Å². The van der Waals surface area contributed by atoms with Crippen molar-refractivity contribution in [1.82, 2.24) is 9.78 Å². The maximum atomic E-state index is 11.2. The molecular weight excluding hydrogens is 212 g/mol. The van der Waals surface area contributed by atoms with E-state index in [0.29, 0.717) is 5.92 Å². The number of carbonyl (C=O) groups is 1. The summed E-state index contributed by atoms with van der Waals surface area (Å²) in [6, 6.07) is 0. The third-order valence-corrected chi connectivity index (χ3v) is 3.58. The summed E-state index contributed by atoms with van der Waals surface area (Å²) in [5.74, 6) is 0.493. The molecule has 17 heavy (non-hydrogen) atoms. The Morgan fingerprint density at radius 3 is 2.47 bits per heavy atom. The Hall–Kier alpha value is -1.12. The molecular formula is C14H22N2O. The van der Waals surface area contributed by atoms with Gasteiger partial charge in [-0.05, 0) is 33.6 Å². The van der Waals surface area contributed by atoms with Crippen LogP contribution in [-0.2, 0) is 5.54 Å². The summed E-state index contributed by atoms with van der Waals surface area (Å²) < 4.78 is 1.93. The fourth-order valence-corrected chi connectivity index (χ4v) is 2.53. The summed E-state index contributed by atoms with van der Waals surface area (Å²) in [6.45, 7) is 6.33. The molecule has 1 fully saturated rings. The van der Waals surface area contributed by atoms with Crippen molar-refractivity contribution in [2.45, 2.75) is 64.3 Å². The number of hydrogen-bond acceptors (Lipinski definition) is 2. The molecule has 1 saturated carbocycles. The van der Waals surface area contributed by atoms with Gasteiger partial charge in [0.1, 0.15) is 0 Å². The van der Waals surface area contributed by atoms with Crippen LogP contribution in [0.25, 0.3) is 0 Å². The average Bonchev–Trinajstić information content (AvgIpc) is 2.73. The van der Waals surface area contributed by atoms with Crippen molar-refractivity contribution < 1.29 is 4.79 Å². The van der Waals surface area contributed by atoms with E-state index in [1.54, 1.807) is 0 Å². The first kappa shape index (κ1) is 12.3. The topological polar surface area (TPSA) is 34.9 Å². The number of rotatable bonds is 2. The lowest BCUT2D eigenvalue weighted by Gasteiger charge is -2.21. The van der Waals surface area contributed by atoms with E-state index in [9.17, 15) is 4.79 Å². The van der Waals surface area contributed by atoms with E-state index in [-0.39, 0.29) is 5.54 Å². The average molecular weight is 234 g/mol. The van der Waals surface area contributed by atoms with Gasteiger partial charge >= 0.3 is 0 Å². The Kier molecular flexibility index (Phi) is 3.36. The monoisotopic (exact) mass is 234 g/mol. The standard InChI is InChI=1S/C14H22N2O/c1-14(2,3)16-9-12(10-17)13(15-16)11-7-5-4-6-8-11/h9-11H,4-8H2,1-3H3. The molecule has 0 radical (unpaired) electrons. The van der Waals surface area contributed by atoms with Crippen LogP contribution in [0.2, 0.25) is 0 Å². The molecule has 0 N–H and O–H groups in total. The lowest BCUT2D eigenvalue weighted by Crippen LogP contribution is -2.22. The maximum Gasteiger partial charge on any atom is 0.153 e. The molecule has 0 unspecified atom stereocenters. The van der Waals surface area contributed by atoms with Gasteiger partial charge in [0.05, 0.1) is 16.8 Å². The predicted octanol–water partition coefficient (Wildman–Crippen LogP) is 3.50. The SMILES string of the molecule is CC(C)(C)n1cc(C=O)c(C2CCCCC2)n1. The van der Waals surface area contributed by atoms with Crippen molar-refractivity contribution in [2.75, 3.05) is 0 Å². The van der Waals surface area contributed by atoms with Crippen LogP contribution in [0.15, 0.2) is 6.20 Å². The highest BCUT2D eigenvalue weighted by Gasteiger charge is 2.24. The van der Waals surface area contributed by atoms with Gasteiger partial charge in [-0.3, -0.25) is 9.48 Å². The van der Waals surface area contributed by atoms with E-state index in [2.05, 4.69) is 25.9 Å². The summed E-state index contributed by atoms with van der Waals surface area (Å²) in [4.78, 5) is 11.2. The number of carbonyl (C=O) groups excluding carboxylic acids is 1. The van der Waals surface area contributed by atoms with Crippen molar-refractivity contribution >= 4 is 6.29 Å². The Bertz CT molecular complexity index is 395. The van der Waals surface area contributed by atoms with Crippen LogP contribution in [0, 0.1) is 0 Å². The van der Waals surface area contributed by atoms with E-state index in [1.807, 2.05) is 10.9 Å². The van der Waals surface area contributed by atoms with Crippen LogP contribution in [-0.4, -0.2) is 16.1 Å². The van der Waals surface area contributed by atoms with Gasteiger partial charge in [0.25, 0.3) is 0 Å². The van der Waals surface area contributed by atoms with Crippen molar-refractivity contribution in [3.8, 4) is 0 Å². The molecule has 0 aromatic carbocycles. The molecule has 1 heterocycles. The van der Waals surface area contributed by atoms with Crippen LogP contribution in [0.1, 0.15) is 74.8 Å². The van der Waals surface area contributed by atoms with Crippen molar-refractivity contribution in [3.05, 3.63) is 17.5 Å². The van der Waals surface area contributed by atoms with Gasteiger partial charge in [0.2, 0.25) is 0 Å². The number of aromatic nitrogens is 2. The third-order valence-electron chi connectivity index (χ3n) is 3.58. The molecule has 1 aromatic heterocycles. The fourth-order valence-electron chi connectivity index (χ4n) is 2.53. The second kappa shape index (κ2) is 4.63. The first-order valence-corrected chi connectivity index (χ1v) is 6.57. The van der Waals surface area contributed by atoms with E-state index >= 15 is 0 Å². The molecule has 2 rings (SSSR count). The van der Waals surface area contributed by atoms with Gasteiger partial charge in [0, 0.05) is 12.1 Å². The molecule has 0 amide bonds. The van der Waals surface area contributed by atoms with E-state index in [0.717, 1.165) is 17.5 Å². The smallest absolute Gasteiger partial charge is 0.153 e. The van der Waals surface area contributed by atoms with Crippen LogP contribution in [0.5, 0.6) is 0 Å². The van der Waals surface area contributed by atoms with Crippen molar-refractivity contribution in [1.29, 1.82) is 0 Å².